The molecule has 0 radical (unpaired) electrons. The minimum absolute atomic E-state index is 1.06. The molecule has 0 aliphatic rings. The third kappa shape index (κ3) is 4.41. The molecule has 0 N–H and O–H groups in total. The average molecular weight is 392 g/mol. The summed E-state index contributed by atoms with van der Waals surface area (Å²) in [6, 6.07) is 37.5. The molecule has 0 aliphatic heterocycles. The molecule has 0 amide bonds. The lowest BCUT2D eigenvalue weighted by atomic mass is 10.1. The molecule has 0 aromatic heterocycles. The summed E-state index contributed by atoms with van der Waals surface area (Å²) in [5, 5.41) is 6.52. The van der Waals surface area contributed by atoms with Crippen molar-refractivity contribution < 1.29 is 0 Å². The van der Waals surface area contributed by atoms with E-state index in [-0.39, 0.29) is 0 Å². The first-order valence-electron chi connectivity index (χ1n) is 10.1. The summed E-state index contributed by atoms with van der Waals surface area (Å²) in [4.78, 5) is 2.25. The van der Waals surface area contributed by atoms with Gasteiger partial charge in [-0.1, -0.05) is 66.7 Å². The molecule has 148 valence electrons. The van der Waals surface area contributed by atoms with Gasteiger partial charge < -0.3 is 4.90 Å². The van der Waals surface area contributed by atoms with Gasteiger partial charge in [0.05, 0.1) is 11.9 Å². The van der Waals surface area contributed by atoms with Gasteiger partial charge in [-0.3, -0.25) is 5.01 Å². The Balaban J connectivity index is 1.59. The Kier molecular flexibility index (Phi) is 5.90. The monoisotopic (exact) mass is 391 g/mol. The fraction of sp³-hybridized carbons (Fsp3) is 0.0741. The highest BCUT2D eigenvalue weighted by Gasteiger charge is 2.11. The Labute approximate surface area is 178 Å². The van der Waals surface area contributed by atoms with Crippen LogP contribution in [0.2, 0.25) is 0 Å². The van der Waals surface area contributed by atoms with E-state index in [1.165, 1.54) is 5.56 Å². The maximum absolute atomic E-state index is 4.61. The average Bonchev–Trinajstić information content (AvgIpc) is 2.80. The van der Waals surface area contributed by atoms with Crippen LogP contribution in [0.15, 0.2) is 114 Å². The van der Waals surface area contributed by atoms with Crippen LogP contribution in [0.4, 0.5) is 22.7 Å². The number of hydrazone groups is 1. The quantitative estimate of drug-likeness (QED) is 0.262. The fourth-order valence-electron chi connectivity index (χ4n) is 3.45. The van der Waals surface area contributed by atoms with Gasteiger partial charge in [0, 0.05) is 24.1 Å². The van der Waals surface area contributed by atoms with Gasteiger partial charge in [0.25, 0.3) is 0 Å². The normalized spacial score (nSPS) is 10.9. The van der Waals surface area contributed by atoms with E-state index < -0.39 is 0 Å². The van der Waals surface area contributed by atoms with Gasteiger partial charge in [-0.2, -0.15) is 5.10 Å². The minimum Gasteiger partial charge on any atom is -0.311 e. The van der Waals surface area contributed by atoms with E-state index in [1.54, 1.807) is 0 Å². The van der Waals surface area contributed by atoms with Gasteiger partial charge in [-0.25, -0.2) is 0 Å². The van der Waals surface area contributed by atoms with Crippen LogP contribution in [-0.4, -0.2) is 13.3 Å². The topological polar surface area (TPSA) is 18.8 Å². The summed E-state index contributed by atoms with van der Waals surface area (Å²) in [6.07, 6.45) is 1.89. The first kappa shape index (κ1) is 19.5. The van der Waals surface area contributed by atoms with Crippen LogP contribution in [0.3, 0.4) is 0 Å². The largest absolute Gasteiger partial charge is 0.311 e. The summed E-state index contributed by atoms with van der Waals surface area (Å²) >= 11 is 0. The van der Waals surface area contributed by atoms with Crippen LogP contribution in [0, 0.1) is 6.92 Å². The van der Waals surface area contributed by atoms with Crippen molar-refractivity contribution in [3.63, 3.8) is 0 Å². The molecule has 4 aromatic rings. The molecule has 4 aromatic carbocycles. The van der Waals surface area contributed by atoms with Crippen molar-refractivity contribution in [2.24, 2.45) is 5.10 Å². The molecule has 0 fully saturated rings. The number of hydrogen-bond acceptors (Lipinski definition) is 3. The molecule has 0 unspecified atom stereocenters. The summed E-state index contributed by atoms with van der Waals surface area (Å²) in [7, 11) is 1.97. The van der Waals surface area contributed by atoms with E-state index in [0.29, 0.717) is 0 Å². The van der Waals surface area contributed by atoms with Crippen LogP contribution in [0.25, 0.3) is 0 Å². The van der Waals surface area contributed by atoms with E-state index in [2.05, 4.69) is 102 Å². The van der Waals surface area contributed by atoms with E-state index >= 15 is 0 Å². The molecule has 30 heavy (non-hydrogen) atoms. The van der Waals surface area contributed by atoms with Crippen molar-refractivity contribution in [2.75, 3.05) is 17.0 Å². The highest BCUT2D eigenvalue weighted by Crippen LogP contribution is 2.33. The Hall–Kier alpha value is -3.85. The van der Waals surface area contributed by atoms with E-state index in [1.807, 2.05) is 42.5 Å². The van der Waals surface area contributed by atoms with Crippen molar-refractivity contribution in [3.8, 4) is 0 Å². The summed E-state index contributed by atoms with van der Waals surface area (Å²) in [6.45, 7) is 2.10. The zero-order valence-electron chi connectivity index (χ0n) is 17.3. The molecular weight excluding hydrogens is 366 g/mol. The van der Waals surface area contributed by atoms with E-state index in [4.69, 9.17) is 0 Å². The number of nitrogens with zero attached hydrogens (tertiary/aromatic N) is 3. The molecular formula is C27H25N3. The van der Waals surface area contributed by atoms with Crippen molar-refractivity contribution >= 4 is 29.0 Å². The van der Waals surface area contributed by atoms with Gasteiger partial charge in [-0.15, -0.1) is 0 Å². The van der Waals surface area contributed by atoms with E-state index in [0.717, 1.165) is 28.3 Å². The fourth-order valence-corrected chi connectivity index (χ4v) is 3.45. The predicted octanol–water partition coefficient (Wildman–Crippen LogP) is 6.94. The second-order valence-electron chi connectivity index (χ2n) is 7.15. The standard InChI is InChI=1S/C27H25N3/c1-22-11-9-10-16-27(22)29(2)28-21-23-17-19-26(20-18-23)30(24-12-5-3-6-13-24)25-14-7-4-8-15-25/h3-21H,1-2H3. The highest BCUT2D eigenvalue weighted by molar-refractivity contribution is 5.83. The Bertz CT molecular complexity index is 1060. The van der Waals surface area contributed by atoms with Crippen molar-refractivity contribution in [1.29, 1.82) is 0 Å². The molecule has 4 rings (SSSR count). The van der Waals surface area contributed by atoms with Gasteiger partial charge in [0.2, 0.25) is 0 Å². The smallest absolute Gasteiger partial charge is 0.0619 e. The Morgan fingerprint density at radius 1 is 0.600 bits per heavy atom. The van der Waals surface area contributed by atoms with E-state index in [9.17, 15) is 0 Å². The molecule has 0 atom stereocenters. The predicted molar refractivity (Wildman–Crippen MR) is 128 cm³/mol. The highest BCUT2D eigenvalue weighted by atomic mass is 15.4. The summed E-state index contributed by atoms with van der Waals surface area (Å²) in [5.74, 6) is 0. The second kappa shape index (κ2) is 9.10. The lowest BCUT2D eigenvalue weighted by Gasteiger charge is -2.25. The second-order valence-corrected chi connectivity index (χ2v) is 7.15. The zero-order chi connectivity index (χ0) is 20.8. The van der Waals surface area contributed by atoms with Gasteiger partial charge in [0.1, 0.15) is 0 Å². The third-order valence-corrected chi connectivity index (χ3v) is 5.02. The SMILES string of the molecule is Cc1ccccc1N(C)N=Cc1ccc(N(c2ccccc2)c2ccccc2)cc1. The van der Waals surface area contributed by atoms with Crippen LogP contribution in [-0.2, 0) is 0 Å². The lowest BCUT2D eigenvalue weighted by molar-refractivity contribution is 1.01. The molecule has 0 saturated carbocycles. The van der Waals surface area contributed by atoms with Gasteiger partial charge >= 0.3 is 0 Å². The van der Waals surface area contributed by atoms with Crippen LogP contribution in [0.5, 0.6) is 0 Å². The van der Waals surface area contributed by atoms with Crippen molar-refractivity contribution in [2.45, 2.75) is 6.92 Å². The maximum atomic E-state index is 4.61. The van der Waals surface area contributed by atoms with Crippen molar-refractivity contribution in [3.05, 3.63) is 120 Å². The van der Waals surface area contributed by atoms with Crippen LogP contribution < -0.4 is 9.91 Å². The number of aryl methyl sites for hydroxylation is 1. The van der Waals surface area contributed by atoms with Gasteiger partial charge in [0.15, 0.2) is 0 Å². The molecule has 0 aliphatic carbocycles. The Morgan fingerprint density at radius 2 is 1.10 bits per heavy atom. The van der Waals surface area contributed by atoms with Crippen LogP contribution >= 0.6 is 0 Å². The number of rotatable bonds is 6. The summed E-state index contributed by atoms with van der Waals surface area (Å²) in [5.41, 5.74) is 6.73. The van der Waals surface area contributed by atoms with Crippen LogP contribution in [0.1, 0.15) is 11.1 Å². The lowest BCUT2D eigenvalue weighted by Crippen LogP contribution is -2.11. The maximum Gasteiger partial charge on any atom is 0.0619 e. The molecule has 0 saturated heterocycles. The molecule has 0 bridgehead atoms. The Morgan fingerprint density at radius 3 is 1.67 bits per heavy atom. The third-order valence-electron chi connectivity index (χ3n) is 5.02. The zero-order valence-corrected chi connectivity index (χ0v) is 17.3. The number of anilines is 4. The van der Waals surface area contributed by atoms with Gasteiger partial charge in [-0.05, 0) is 60.5 Å². The summed E-state index contributed by atoms with van der Waals surface area (Å²) < 4.78 is 0. The molecule has 3 nitrogen and oxygen atoms in total. The first-order chi connectivity index (χ1) is 14.7. The number of hydrogen-bond donors (Lipinski definition) is 0. The number of benzene rings is 4. The molecule has 0 spiro atoms. The van der Waals surface area contributed by atoms with Crippen molar-refractivity contribution in [1.82, 2.24) is 0 Å². The first-order valence-corrected chi connectivity index (χ1v) is 10.1. The molecule has 0 heterocycles. The minimum atomic E-state index is 1.06. The number of para-hydroxylation sites is 3. The molecule has 3 heteroatoms.